The first-order valence-corrected chi connectivity index (χ1v) is 6.79. The summed E-state index contributed by atoms with van der Waals surface area (Å²) in [5, 5.41) is 9.34. The van der Waals surface area contributed by atoms with Crippen LogP contribution >= 0.6 is 11.6 Å². The number of halogens is 4. The summed E-state index contributed by atoms with van der Waals surface area (Å²) in [7, 11) is 1.21. The van der Waals surface area contributed by atoms with Gasteiger partial charge in [0, 0.05) is 10.6 Å². The molecular formula is C14H14ClF3O3. The number of alkyl halides is 3. The molecule has 0 aliphatic heterocycles. The fraction of sp³-hybridized carbons (Fsp3) is 0.500. The monoisotopic (exact) mass is 322 g/mol. The van der Waals surface area contributed by atoms with Crippen molar-refractivity contribution in [2.45, 2.75) is 37.3 Å². The van der Waals surface area contributed by atoms with Gasteiger partial charge in [0.2, 0.25) is 0 Å². The van der Waals surface area contributed by atoms with E-state index in [0.29, 0.717) is 25.7 Å². The molecule has 0 heterocycles. The van der Waals surface area contributed by atoms with Gasteiger partial charge in [0.25, 0.3) is 0 Å². The number of carboxylic acids is 1. The Bertz CT molecular complexity index is 563. The van der Waals surface area contributed by atoms with Gasteiger partial charge in [0.05, 0.1) is 18.1 Å². The van der Waals surface area contributed by atoms with Gasteiger partial charge in [-0.2, -0.15) is 13.2 Å². The number of hydrogen-bond acceptors (Lipinski definition) is 2. The minimum Gasteiger partial charge on any atom is -0.496 e. The van der Waals surface area contributed by atoms with Crippen molar-refractivity contribution >= 4 is 17.6 Å². The van der Waals surface area contributed by atoms with Gasteiger partial charge < -0.3 is 9.84 Å². The van der Waals surface area contributed by atoms with Gasteiger partial charge >= 0.3 is 12.1 Å². The summed E-state index contributed by atoms with van der Waals surface area (Å²) in [5.74, 6) is -1.21. The van der Waals surface area contributed by atoms with Crippen LogP contribution in [-0.4, -0.2) is 18.2 Å². The predicted molar refractivity (Wildman–Crippen MR) is 70.8 cm³/mol. The van der Waals surface area contributed by atoms with Crippen LogP contribution in [0.15, 0.2) is 12.1 Å². The topological polar surface area (TPSA) is 46.5 Å². The lowest BCUT2D eigenvalue weighted by Gasteiger charge is -2.28. The molecule has 21 heavy (non-hydrogen) atoms. The van der Waals surface area contributed by atoms with E-state index in [1.807, 2.05) is 0 Å². The maximum Gasteiger partial charge on any atom is 0.416 e. The quantitative estimate of drug-likeness (QED) is 0.904. The standard InChI is InChI=1S/C14H14ClF3O3/c1-21-10-7-8(14(16,17)18)6-9(15)11(10)13(12(19)20)4-2-3-5-13/h6-7H,2-5H2,1H3,(H,19,20). The Balaban J connectivity index is 2.66. The molecule has 1 aromatic carbocycles. The minimum absolute atomic E-state index is 0.126. The summed E-state index contributed by atoms with van der Waals surface area (Å²) in [5.41, 5.74) is -2.08. The van der Waals surface area contributed by atoms with Crippen LogP contribution in [0.2, 0.25) is 5.02 Å². The Hall–Kier alpha value is -1.43. The summed E-state index contributed by atoms with van der Waals surface area (Å²) in [6.07, 6.45) is -2.52. The molecule has 7 heteroatoms. The maximum atomic E-state index is 12.8. The molecule has 0 amide bonds. The van der Waals surface area contributed by atoms with Crippen LogP contribution < -0.4 is 4.74 Å². The maximum absolute atomic E-state index is 12.8. The van der Waals surface area contributed by atoms with Gasteiger partial charge in [-0.25, -0.2) is 0 Å². The molecule has 2 rings (SSSR count). The average molecular weight is 323 g/mol. The van der Waals surface area contributed by atoms with E-state index in [-0.39, 0.29) is 16.3 Å². The highest BCUT2D eigenvalue weighted by molar-refractivity contribution is 6.32. The van der Waals surface area contributed by atoms with Crippen molar-refractivity contribution in [1.82, 2.24) is 0 Å². The summed E-state index contributed by atoms with van der Waals surface area (Å²) >= 11 is 5.99. The zero-order valence-electron chi connectivity index (χ0n) is 11.3. The van der Waals surface area contributed by atoms with Crippen LogP contribution in [0, 0.1) is 0 Å². The van der Waals surface area contributed by atoms with Crippen molar-refractivity contribution in [3.63, 3.8) is 0 Å². The van der Waals surface area contributed by atoms with Gasteiger partial charge in [-0.15, -0.1) is 0 Å². The predicted octanol–water partition coefficient (Wildman–Crippen LogP) is 4.26. The van der Waals surface area contributed by atoms with Crippen LogP contribution in [0.3, 0.4) is 0 Å². The number of aliphatic carboxylic acids is 1. The number of benzene rings is 1. The molecule has 0 bridgehead atoms. The Kier molecular flexibility index (Phi) is 4.10. The number of ether oxygens (including phenoxy) is 1. The third-order valence-corrected chi connectivity index (χ3v) is 4.24. The second kappa shape index (κ2) is 5.40. The fourth-order valence-corrected chi connectivity index (χ4v) is 3.31. The van der Waals surface area contributed by atoms with Gasteiger partial charge in [0.1, 0.15) is 5.75 Å². The van der Waals surface area contributed by atoms with Crippen molar-refractivity contribution in [2.75, 3.05) is 7.11 Å². The highest BCUT2D eigenvalue weighted by Gasteiger charge is 2.47. The number of carbonyl (C=O) groups is 1. The highest BCUT2D eigenvalue weighted by Crippen LogP contribution is 2.49. The number of rotatable bonds is 3. The SMILES string of the molecule is COc1cc(C(F)(F)F)cc(Cl)c1C1(C(=O)O)CCCC1. The van der Waals surface area contributed by atoms with E-state index >= 15 is 0 Å². The zero-order valence-corrected chi connectivity index (χ0v) is 12.0. The molecule has 1 fully saturated rings. The van der Waals surface area contributed by atoms with Gasteiger partial charge in [-0.3, -0.25) is 4.79 Å². The Morgan fingerprint density at radius 2 is 1.90 bits per heavy atom. The van der Waals surface area contributed by atoms with Crippen molar-refractivity contribution in [1.29, 1.82) is 0 Å². The first-order chi connectivity index (χ1) is 9.72. The molecule has 0 aromatic heterocycles. The summed E-state index contributed by atoms with van der Waals surface area (Å²) in [6, 6.07) is 1.58. The molecular weight excluding hydrogens is 309 g/mol. The molecule has 1 saturated carbocycles. The van der Waals surface area contributed by atoms with E-state index in [1.54, 1.807) is 0 Å². The number of methoxy groups -OCH3 is 1. The third-order valence-electron chi connectivity index (χ3n) is 3.95. The Morgan fingerprint density at radius 1 is 1.33 bits per heavy atom. The van der Waals surface area contributed by atoms with Crippen LogP contribution in [0.4, 0.5) is 13.2 Å². The Labute approximate surface area is 124 Å². The summed E-state index contributed by atoms with van der Waals surface area (Å²) in [4.78, 5) is 11.7. The molecule has 0 atom stereocenters. The Morgan fingerprint density at radius 3 is 2.33 bits per heavy atom. The summed E-state index contributed by atoms with van der Waals surface area (Å²) < 4.78 is 43.5. The van der Waals surface area contributed by atoms with Crippen LogP contribution in [0.5, 0.6) is 5.75 Å². The molecule has 0 unspecified atom stereocenters. The van der Waals surface area contributed by atoms with E-state index in [2.05, 4.69) is 0 Å². The fourth-order valence-electron chi connectivity index (χ4n) is 2.92. The van der Waals surface area contributed by atoms with E-state index in [0.717, 1.165) is 12.1 Å². The summed E-state index contributed by atoms with van der Waals surface area (Å²) in [6.45, 7) is 0. The molecule has 116 valence electrons. The second-order valence-corrected chi connectivity index (χ2v) is 5.53. The number of hydrogen-bond donors (Lipinski definition) is 1. The van der Waals surface area contributed by atoms with Crippen molar-refractivity contribution in [3.8, 4) is 5.75 Å². The van der Waals surface area contributed by atoms with Gasteiger partial charge in [-0.1, -0.05) is 24.4 Å². The molecule has 1 aromatic rings. The average Bonchev–Trinajstić information content (AvgIpc) is 2.86. The molecule has 3 nitrogen and oxygen atoms in total. The third kappa shape index (κ3) is 2.69. The van der Waals surface area contributed by atoms with Gasteiger partial charge in [0.15, 0.2) is 0 Å². The molecule has 1 aliphatic rings. The number of carboxylic acid groups (broad SMARTS) is 1. The van der Waals surface area contributed by atoms with E-state index < -0.39 is 23.1 Å². The van der Waals surface area contributed by atoms with Crippen molar-refractivity contribution in [2.24, 2.45) is 0 Å². The van der Waals surface area contributed by atoms with Crippen LogP contribution in [0.25, 0.3) is 0 Å². The normalized spacial score (nSPS) is 17.8. The van der Waals surface area contributed by atoms with Crippen LogP contribution in [0.1, 0.15) is 36.8 Å². The largest absolute Gasteiger partial charge is 0.496 e. The lowest BCUT2D eigenvalue weighted by molar-refractivity contribution is -0.143. The lowest BCUT2D eigenvalue weighted by Crippen LogP contribution is -2.33. The molecule has 0 saturated heterocycles. The second-order valence-electron chi connectivity index (χ2n) is 5.13. The smallest absolute Gasteiger partial charge is 0.416 e. The van der Waals surface area contributed by atoms with Crippen molar-refractivity contribution in [3.05, 3.63) is 28.3 Å². The molecule has 0 radical (unpaired) electrons. The first kappa shape index (κ1) is 15.9. The first-order valence-electron chi connectivity index (χ1n) is 6.41. The van der Waals surface area contributed by atoms with Crippen molar-refractivity contribution < 1.29 is 27.8 Å². The molecule has 1 aliphatic carbocycles. The van der Waals surface area contributed by atoms with E-state index in [4.69, 9.17) is 16.3 Å². The highest BCUT2D eigenvalue weighted by atomic mass is 35.5. The lowest BCUT2D eigenvalue weighted by atomic mass is 9.78. The molecule has 1 N–H and O–H groups in total. The van der Waals surface area contributed by atoms with E-state index in [1.165, 1.54) is 7.11 Å². The van der Waals surface area contributed by atoms with Gasteiger partial charge in [-0.05, 0) is 25.0 Å². The van der Waals surface area contributed by atoms with Crippen LogP contribution in [-0.2, 0) is 16.4 Å². The minimum atomic E-state index is -4.57. The molecule has 0 spiro atoms. The zero-order chi connectivity index (χ0) is 15.8. The van der Waals surface area contributed by atoms with E-state index in [9.17, 15) is 23.1 Å².